The molecule has 1 fully saturated rings. The highest BCUT2D eigenvalue weighted by Crippen LogP contribution is 2.38. The van der Waals surface area contributed by atoms with Crippen LogP contribution in [0.3, 0.4) is 0 Å². The minimum Gasteiger partial charge on any atom is -0.338 e. The Bertz CT molecular complexity index is 383. The molecule has 1 N–H and O–H groups in total. The number of nitrogens with zero attached hydrogens (tertiary/aromatic N) is 2. The van der Waals surface area contributed by atoms with E-state index in [9.17, 15) is 0 Å². The van der Waals surface area contributed by atoms with Crippen LogP contribution in [0.4, 0.5) is 0 Å². The van der Waals surface area contributed by atoms with Gasteiger partial charge in [0.25, 0.3) is 0 Å². The molecule has 1 aliphatic rings. The van der Waals surface area contributed by atoms with E-state index in [1.54, 1.807) is 0 Å². The van der Waals surface area contributed by atoms with Gasteiger partial charge in [-0.05, 0) is 56.5 Å². The fourth-order valence-electron chi connectivity index (χ4n) is 3.58. The quantitative estimate of drug-likeness (QED) is 0.885. The third-order valence-corrected chi connectivity index (χ3v) is 4.96. The molecule has 1 aromatic heterocycles. The van der Waals surface area contributed by atoms with E-state index in [4.69, 9.17) is 0 Å². The van der Waals surface area contributed by atoms with E-state index in [-0.39, 0.29) is 0 Å². The summed E-state index contributed by atoms with van der Waals surface area (Å²) in [4.78, 5) is 4.52. The second-order valence-corrected chi connectivity index (χ2v) is 6.55. The molecule has 108 valence electrons. The maximum atomic E-state index is 4.52. The molecule has 1 aliphatic carbocycles. The maximum absolute atomic E-state index is 4.52. The number of rotatable bonds is 5. The number of aromatic nitrogens is 2. The third-order valence-electron chi connectivity index (χ3n) is 4.96. The maximum Gasteiger partial charge on any atom is 0.108 e. The van der Waals surface area contributed by atoms with E-state index in [0.29, 0.717) is 0 Å². The molecule has 3 nitrogen and oxygen atoms in total. The lowest BCUT2D eigenvalue weighted by molar-refractivity contribution is 0.144. The first-order valence-corrected chi connectivity index (χ1v) is 7.72. The molecule has 0 aliphatic heterocycles. The van der Waals surface area contributed by atoms with Gasteiger partial charge in [0.1, 0.15) is 5.82 Å². The van der Waals surface area contributed by atoms with E-state index in [0.717, 1.165) is 36.6 Å². The highest BCUT2D eigenvalue weighted by atomic mass is 15.0. The monoisotopic (exact) mass is 263 g/mol. The SMILES string of the molecule is CNCC1CCC(C(C)C)CC1Cc1nccn1C. The van der Waals surface area contributed by atoms with E-state index < -0.39 is 0 Å². The fourth-order valence-corrected chi connectivity index (χ4v) is 3.58. The van der Waals surface area contributed by atoms with Gasteiger partial charge in [-0.1, -0.05) is 13.8 Å². The van der Waals surface area contributed by atoms with E-state index in [1.165, 1.54) is 25.1 Å². The predicted octanol–water partition coefficient (Wildman–Crippen LogP) is 2.87. The van der Waals surface area contributed by atoms with Crippen LogP contribution in [0.5, 0.6) is 0 Å². The number of imidazole rings is 1. The van der Waals surface area contributed by atoms with Gasteiger partial charge in [0.2, 0.25) is 0 Å². The molecule has 3 unspecified atom stereocenters. The molecule has 3 atom stereocenters. The lowest BCUT2D eigenvalue weighted by atomic mass is 9.69. The standard InChI is InChI=1S/C16H29N3/c1-12(2)13-5-6-14(11-17-3)15(9-13)10-16-18-7-8-19(16)4/h7-8,12-15,17H,5-6,9-11H2,1-4H3. The summed E-state index contributed by atoms with van der Waals surface area (Å²) in [5, 5.41) is 3.38. The van der Waals surface area contributed by atoms with Gasteiger partial charge < -0.3 is 9.88 Å². The smallest absolute Gasteiger partial charge is 0.108 e. The summed E-state index contributed by atoms with van der Waals surface area (Å²) in [6.45, 7) is 5.90. The molecule has 1 heterocycles. The number of hydrogen-bond donors (Lipinski definition) is 1. The van der Waals surface area contributed by atoms with Gasteiger partial charge in [-0.15, -0.1) is 0 Å². The zero-order chi connectivity index (χ0) is 13.8. The van der Waals surface area contributed by atoms with Crippen LogP contribution in [0.1, 0.15) is 38.9 Å². The van der Waals surface area contributed by atoms with Crippen molar-refractivity contribution in [2.75, 3.05) is 13.6 Å². The summed E-state index contributed by atoms with van der Waals surface area (Å²) in [6.07, 6.45) is 9.27. The van der Waals surface area contributed by atoms with Gasteiger partial charge >= 0.3 is 0 Å². The van der Waals surface area contributed by atoms with E-state index >= 15 is 0 Å². The lowest BCUT2D eigenvalue weighted by Crippen LogP contribution is -2.34. The minimum atomic E-state index is 0.787. The van der Waals surface area contributed by atoms with Crippen LogP contribution in [0.15, 0.2) is 12.4 Å². The normalized spacial score (nSPS) is 27.9. The Morgan fingerprint density at radius 3 is 2.74 bits per heavy atom. The molecular formula is C16H29N3. The summed E-state index contributed by atoms with van der Waals surface area (Å²) in [5.41, 5.74) is 0. The summed E-state index contributed by atoms with van der Waals surface area (Å²) in [7, 11) is 4.19. The Morgan fingerprint density at radius 2 is 2.16 bits per heavy atom. The molecule has 1 saturated carbocycles. The minimum absolute atomic E-state index is 0.787. The largest absolute Gasteiger partial charge is 0.338 e. The second kappa shape index (κ2) is 6.56. The molecule has 0 spiro atoms. The van der Waals surface area contributed by atoms with Crippen molar-refractivity contribution in [3.05, 3.63) is 18.2 Å². The van der Waals surface area contributed by atoms with Crippen molar-refractivity contribution in [1.82, 2.24) is 14.9 Å². The first-order valence-electron chi connectivity index (χ1n) is 7.72. The Balaban J connectivity index is 2.05. The Kier molecular flexibility index (Phi) is 5.03. The first kappa shape index (κ1) is 14.6. The Hall–Kier alpha value is -0.830. The van der Waals surface area contributed by atoms with Crippen molar-refractivity contribution in [2.45, 2.75) is 39.5 Å². The van der Waals surface area contributed by atoms with Crippen molar-refractivity contribution in [3.8, 4) is 0 Å². The molecule has 0 bridgehead atoms. The van der Waals surface area contributed by atoms with Crippen LogP contribution in [-0.4, -0.2) is 23.1 Å². The van der Waals surface area contributed by atoms with Gasteiger partial charge in [-0.2, -0.15) is 0 Å². The lowest BCUT2D eigenvalue weighted by Gasteiger charge is -2.38. The number of aryl methyl sites for hydroxylation is 1. The molecule has 0 amide bonds. The predicted molar refractivity (Wildman–Crippen MR) is 80.0 cm³/mol. The molecule has 19 heavy (non-hydrogen) atoms. The topological polar surface area (TPSA) is 29.9 Å². The molecule has 0 saturated heterocycles. The van der Waals surface area contributed by atoms with Crippen LogP contribution in [-0.2, 0) is 13.5 Å². The van der Waals surface area contributed by atoms with Crippen LogP contribution in [0.2, 0.25) is 0 Å². The number of hydrogen-bond acceptors (Lipinski definition) is 2. The fraction of sp³-hybridized carbons (Fsp3) is 0.812. The highest BCUT2D eigenvalue weighted by Gasteiger charge is 2.32. The average Bonchev–Trinajstić information content (AvgIpc) is 2.77. The van der Waals surface area contributed by atoms with Crippen LogP contribution >= 0.6 is 0 Å². The number of nitrogens with one attached hydrogen (secondary N) is 1. The molecular weight excluding hydrogens is 234 g/mol. The average molecular weight is 263 g/mol. The van der Waals surface area contributed by atoms with Crippen LogP contribution in [0.25, 0.3) is 0 Å². The van der Waals surface area contributed by atoms with Crippen molar-refractivity contribution in [2.24, 2.45) is 30.7 Å². The van der Waals surface area contributed by atoms with Crippen molar-refractivity contribution in [3.63, 3.8) is 0 Å². The third kappa shape index (κ3) is 3.59. The summed E-state index contributed by atoms with van der Waals surface area (Å²) in [5.74, 6) is 4.57. The molecule has 1 aromatic rings. The first-order chi connectivity index (χ1) is 9.11. The van der Waals surface area contributed by atoms with Gasteiger partial charge in [0.15, 0.2) is 0 Å². The molecule has 0 aromatic carbocycles. The Labute approximate surface area is 117 Å². The molecule has 2 rings (SSSR count). The van der Waals surface area contributed by atoms with Crippen LogP contribution < -0.4 is 5.32 Å². The summed E-state index contributed by atoms with van der Waals surface area (Å²) < 4.78 is 2.18. The van der Waals surface area contributed by atoms with Gasteiger partial charge in [0.05, 0.1) is 0 Å². The van der Waals surface area contributed by atoms with Crippen molar-refractivity contribution >= 4 is 0 Å². The van der Waals surface area contributed by atoms with E-state index in [1.807, 2.05) is 6.20 Å². The van der Waals surface area contributed by atoms with Gasteiger partial charge in [-0.3, -0.25) is 0 Å². The van der Waals surface area contributed by atoms with Crippen LogP contribution in [0, 0.1) is 23.7 Å². The van der Waals surface area contributed by atoms with Gasteiger partial charge in [-0.25, -0.2) is 4.98 Å². The molecule has 3 heteroatoms. The zero-order valence-electron chi connectivity index (χ0n) is 12.9. The second-order valence-electron chi connectivity index (χ2n) is 6.55. The summed E-state index contributed by atoms with van der Waals surface area (Å²) in [6, 6.07) is 0. The summed E-state index contributed by atoms with van der Waals surface area (Å²) >= 11 is 0. The molecule has 0 radical (unpaired) electrons. The van der Waals surface area contributed by atoms with Crippen molar-refractivity contribution in [1.29, 1.82) is 0 Å². The van der Waals surface area contributed by atoms with Gasteiger partial charge in [0, 0.05) is 25.9 Å². The van der Waals surface area contributed by atoms with E-state index in [2.05, 4.69) is 49.0 Å². The zero-order valence-corrected chi connectivity index (χ0v) is 12.9. The Morgan fingerprint density at radius 1 is 1.37 bits per heavy atom. The highest BCUT2D eigenvalue weighted by molar-refractivity contribution is 4.96. The van der Waals surface area contributed by atoms with Crippen molar-refractivity contribution < 1.29 is 0 Å².